The van der Waals surface area contributed by atoms with Crippen molar-refractivity contribution in [3.8, 4) is 0 Å². The van der Waals surface area contributed by atoms with Gasteiger partial charge < -0.3 is 4.57 Å². The van der Waals surface area contributed by atoms with Crippen LogP contribution in [0.4, 0.5) is 0 Å². The monoisotopic (exact) mass is 178 g/mol. The summed E-state index contributed by atoms with van der Waals surface area (Å²) in [5, 5.41) is 0. The molecular weight excluding hydrogens is 164 g/mol. The Labute approximate surface area is 77.8 Å². The number of carbonyl (C=O) groups excluding carboxylic acids is 1. The first kappa shape index (κ1) is 8.48. The van der Waals surface area contributed by atoms with E-state index in [-0.39, 0.29) is 0 Å². The minimum atomic E-state index is 0.498. The van der Waals surface area contributed by atoms with Crippen LogP contribution in [0.1, 0.15) is 42.7 Å². The van der Waals surface area contributed by atoms with E-state index < -0.39 is 0 Å². The largest absolute Gasteiger partial charge is 0.325 e. The van der Waals surface area contributed by atoms with E-state index in [9.17, 15) is 4.79 Å². The Kier molecular flexibility index (Phi) is 2.17. The highest BCUT2D eigenvalue weighted by Crippen LogP contribution is 2.34. The molecule has 13 heavy (non-hydrogen) atoms. The van der Waals surface area contributed by atoms with Gasteiger partial charge in [0.15, 0.2) is 6.29 Å². The fourth-order valence-electron chi connectivity index (χ4n) is 2.14. The Hall–Kier alpha value is -1.12. The van der Waals surface area contributed by atoms with Crippen molar-refractivity contribution in [1.29, 1.82) is 0 Å². The number of nitrogens with zero attached hydrogens (tertiary/aromatic N) is 2. The first-order valence-corrected chi connectivity index (χ1v) is 4.78. The van der Waals surface area contributed by atoms with Crippen molar-refractivity contribution in [1.82, 2.24) is 9.55 Å². The smallest absolute Gasteiger partial charge is 0.168 e. The van der Waals surface area contributed by atoms with Crippen molar-refractivity contribution >= 4 is 6.29 Å². The van der Waals surface area contributed by atoms with Crippen molar-refractivity contribution in [3.05, 3.63) is 18.2 Å². The number of aldehydes is 1. The van der Waals surface area contributed by atoms with Gasteiger partial charge in [-0.2, -0.15) is 0 Å². The lowest BCUT2D eigenvalue weighted by Gasteiger charge is -2.12. The van der Waals surface area contributed by atoms with E-state index in [4.69, 9.17) is 0 Å². The zero-order valence-corrected chi connectivity index (χ0v) is 7.81. The molecule has 0 aliphatic heterocycles. The highest BCUT2D eigenvalue weighted by Gasteiger charge is 2.23. The lowest BCUT2D eigenvalue weighted by atomic mass is 10.1. The summed E-state index contributed by atoms with van der Waals surface area (Å²) in [6.45, 7) is 2.26. The zero-order valence-electron chi connectivity index (χ0n) is 7.81. The van der Waals surface area contributed by atoms with Gasteiger partial charge in [0.2, 0.25) is 0 Å². The van der Waals surface area contributed by atoms with Crippen LogP contribution in [0.5, 0.6) is 0 Å². The fraction of sp³-hybridized carbons (Fsp3) is 0.600. The van der Waals surface area contributed by atoms with Gasteiger partial charge in [-0.15, -0.1) is 0 Å². The molecule has 0 aromatic carbocycles. The summed E-state index contributed by atoms with van der Waals surface area (Å²) in [6.07, 6.45) is 7.91. The van der Waals surface area contributed by atoms with Crippen LogP contribution >= 0.6 is 0 Å². The molecule has 0 saturated heterocycles. The molecule has 1 heterocycles. The molecule has 1 saturated carbocycles. The van der Waals surface area contributed by atoms with Crippen molar-refractivity contribution in [3.63, 3.8) is 0 Å². The molecule has 1 aliphatic carbocycles. The fourth-order valence-corrected chi connectivity index (χ4v) is 2.14. The van der Waals surface area contributed by atoms with Gasteiger partial charge in [-0.25, -0.2) is 4.98 Å². The lowest BCUT2D eigenvalue weighted by molar-refractivity contribution is 0.111. The third-order valence-corrected chi connectivity index (χ3v) is 2.88. The van der Waals surface area contributed by atoms with Gasteiger partial charge >= 0.3 is 0 Å². The molecule has 2 atom stereocenters. The van der Waals surface area contributed by atoms with Crippen molar-refractivity contribution in [2.45, 2.75) is 32.2 Å². The van der Waals surface area contributed by atoms with Gasteiger partial charge in [0.1, 0.15) is 5.69 Å². The molecule has 0 amide bonds. The van der Waals surface area contributed by atoms with Crippen LogP contribution in [-0.2, 0) is 0 Å². The summed E-state index contributed by atoms with van der Waals surface area (Å²) in [5.74, 6) is 0.784. The number of hydrogen-bond acceptors (Lipinski definition) is 2. The first-order chi connectivity index (χ1) is 6.31. The molecule has 1 aliphatic rings. The Morgan fingerprint density at radius 3 is 3.08 bits per heavy atom. The topological polar surface area (TPSA) is 34.9 Å². The normalized spacial score (nSPS) is 27.8. The standard InChI is InChI=1S/C10H14N2O/c1-8-2-3-9(4-8)12-7-11-5-10(12)6-13/h5-9H,2-4H2,1H3. The predicted octanol–water partition coefficient (Wildman–Crippen LogP) is 2.06. The first-order valence-electron chi connectivity index (χ1n) is 4.78. The van der Waals surface area contributed by atoms with E-state index >= 15 is 0 Å². The molecule has 0 bridgehead atoms. The maximum Gasteiger partial charge on any atom is 0.168 e. The van der Waals surface area contributed by atoms with E-state index in [1.165, 1.54) is 19.3 Å². The number of rotatable bonds is 2. The SMILES string of the molecule is CC1CCC(n2cncc2C=O)C1. The summed E-state index contributed by atoms with van der Waals surface area (Å²) >= 11 is 0. The van der Waals surface area contributed by atoms with E-state index in [0.29, 0.717) is 11.7 Å². The van der Waals surface area contributed by atoms with Crippen molar-refractivity contribution < 1.29 is 4.79 Å². The molecule has 1 aromatic heterocycles. The summed E-state index contributed by atoms with van der Waals surface area (Å²) in [7, 11) is 0. The molecule has 1 fully saturated rings. The van der Waals surface area contributed by atoms with Gasteiger partial charge in [0, 0.05) is 6.04 Å². The average molecular weight is 178 g/mol. The molecule has 2 rings (SSSR count). The Bertz CT molecular complexity index is 306. The molecule has 2 unspecified atom stereocenters. The van der Waals surface area contributed by atoms with Gasteiger partial charge in [0.05, 0.1) is 12.5 Å². The molecular formula is C10H14N2O. The third-order valence-electron chi connectivity index (χ3n) is 2.88. The molecule has 0 spiro atoms. The van der Waals surface area contributed by atoms with Crippen molar-refractivity contribution in [2.24, 2.45) is 5.92 Å². The molecule has 0 N–H and O–H groups in total. The van der Waals surface area contributed by atoms with Crippen LogP contribution in [0.15, 0.2) is 12.5 Å². The van der Waals surface area contributed by atoms with Gasteiger partial charge in [-0.05, 0) is 25.2 Å². The van der Waals surface area contributed by atoms with Crippen LogP contribution < -0.4 is 0 Å². The van der Waals surface area contributed by atoms with Gasteiger partial charge in [0.25, 0.3) is 0 Å². The van der Waals surface area contributed by atoms with Crippen LogP contribution in [0, 0.1) is 5.92 Å². The zero-order chi connectivity index (χ0) is 9.26. The number of aromatic nitrogens is 2. The Balaban J connectivity index is 2.20. The van der Waals surface area contributed by atoms with E-state index in [1.54, 1.807) is 12.5 Å². The molecule has 3 nitrogen and oxygen atoms in total. The summed E-state index contributed by atoms with van der Waals surface area (Å²) < 4.78 is 2.01. The molecule has 70 valence electrons. The number of hydrogen-bond donors (Lipinski definition) is 0. The highest BCUT2D eigenvalue weighted by atomic mass is 16.1. The molecule has 1 aromatic rings. The second kappa shape index (κ2) is 3.32. The van der Waals surface area contributed by atoms with Gasteiger partial charge in [-0.1, -0.05) is 6.92 Å². The third kappa shape index (κ3) is 1.50. The van der Waals surface area contributed by atoms with E-state index in [1.807, 2.05) is 4.57 Å². The highest BCUT2D eigenvalue weighted by molar-refractivity contribution is 5.71. The maximum atomic E-state index is 10.7. The van der Waals surface area contributed by atoms with Crippen LogP contribution in [0.2, 0.25) is 0 Å². The van der Waals surface area contributed by atoms with Crippen LogP contribution in [0.3, 0.4) is 0 Å². The predicted molar refractivity (Wildman–Crippen MR) is 49.7 cm³/mol. The average Bonchev–Trinajstić information content (AvgIpc) is 2.71. The lowest BCUT2D eigenvalue weighted by Crippen LogP contribution is -2.07. The quantitative estimate of drug-likeness (QED) is 0.650. The minimum Gasteiger partial charge on any atom is -0.325 e. The molecule has 3 heteroatoms. The number of carbonyl (C=O) groups is 1. The second-order valence-electron chi connectivity index (χ2n) is 3.92. The van der Waals surface area contributed by atoms with Crippen LogP contribution in [0.25, 0.3) is 0 Å². The number of imidazole rings is 1. The Morgan fingerprint density at radius 1 is 1.62 bits per heavy atom. The second-order valence-corrected chi connectivity index (χ2v) is 3.92. The van der Waals surface area contributed by atoms with E-state index in [0.717, 1.165) is 12.2 Å². The Morgan fingerprint density at radius 2 is 2.46 bits per heavy atom. The van der Waals surface area contributed by atoms with Gasteiger partial charge in [-0.3, -0.25) is 4.79 Å². The van der Waals surface area contributed by atoms with Crippen molar-refractivity contribution in [2.75, 3.05) is 0 Å². The summed E-state index contributed by atoms with van der Waals surface area (Å²) in [6, 6.07) is 0.498. The maximum absolute atomic E-state index is 10.7. The minimum absolute atomic E-state index is 0.498. The molecule has 0 radical (unpaired) electrons. The summed E-state index contributed by atoms with van der Waals surface area (Å²) in [4.78, 5) is 14.7. The van der Waals surface area contributed by atoms with E-state index in [2.05, 4.69) is 11.9 Å². The van der Waals surface area contributed by atoms with Crippen LogP contribution in [-0.4, -0.2) is 15.8 Å². The summed E-state index contributed by atoms with van der Waals surface area (Å²) in [5.41, 5.74) is 0.708.